The first-order valence-electron chi connectivity index (χ1n) is 4.72. The highest BCUT2D eigenvalue weighted by molar-refractivity contribution is 5.94. The van der Waals surface area contributed by atoms with Crippen LogP contribution in [0.15, 0.2) is 24.3 Å². The number of amides is 1. The van der Waals surface area contributed by atoms with E-state index in [9.17, 15) is 4.79 Å². The van der Waals surface area contributed by atoms with Gasteiger partial charge in [0.15, 0.2) is 5.82 Å². The van der Waals surface area contributed by atoms with Crippen molar-refractivity contribution in [1.29, 1.82) is 0 Å². The van der Waals surface area contributed by atoms with Crippen LogP contribution in [0.4, 0.5) is 0 Å². The molecule has 1 amide bonds. The van der Waals surface area contributed by atoms with Gasteiger partial charge in [-0.25, -0.2) is 5.10 Å². The Balaban J connectivity index is 2.12. The van der Waals surface area contributed by atoms with Crippen molar-refractivity contribution in [3.63, 3.8) is 0 Å². The minimum atomic E-state index is -0.431. The average molecular weight is 216 g/mol. The highest BCUT2D eigenvalue weighted by Gasteiger charge is 2.08. The number of primary amides is 1. The Kier molecular flexibility index (Phi) is 2.90. The molecule has 6 heteroatoms. The SMILES string of the molecule is NC(=O)c1ccccc1C[CH]c1nnn[nH]1. The van der Waals surface area contributed by atoms with Crippen molar-refractivity contribution >= 4 is 5.91 Å². The predicted octanol–water partition coefficient (Wildman–Crippen LogP) is 0.0937. The Morgan fingerprint density at radius 2 is 2.25 bits per heavy atom. The molecule has 2 rings (SSSR count). The molecular formula is C10H10N5O. The summed E-state index contributed by atoms with van der Waals surface area (Å²) in [7, 11) is 0. The van der Waals surface area contributed by atoms with E-state index < -0.39 is 5.91 Å². The third kappa shape index (κ3) is 2.22. The van der Waals surface area contributed by atoms with Gasteiger partial charge in [-0.3, -0.25) is 4.79 Å². The van der Waals surface area contributed by atoms with Gasteiger partial charge >= 0.3 is 0 Å². The first-order chi connectivity index (χ1) is 7.77. The van der Waals surface area contributed by atoms with E-state index >= 15 is 0 Å². The molecule has 0 fully saturated rings. The zero-order chi connectivity index (χ0) is 11.4. The maximum absolute atomic E-state index is 11.1. The molecule has 1 radical (unpaired) electrons. The zero-order valence-electron chi connectivity index (χ0n) is 8.42. The summed E-state index contributed by atoms with van der Waals surface area (Å²) in [5.74, 6) is 0.138. The smallest absolute Gasteiger partial charge is 0.248 e. The topological polar surface area (TPSA) is 97.6 Å². The van der Waals surface area contributed by atoms with Crippen LogP contribution < -0.4 is 5.73 Å². The average Bonchev–Trinajstić information content (AvgIpc) is 2.79. The summed E-state index contributed by atoms with van der Waals surface area (Å²) in [6.45, 7) is 0. The van der Waals surface area contributed by atoms with Gasteiger partial charge in [-0.2, -0.15) is 0 Å². The number of hydrogen-bond donors (Lipinski definition) is 2. The highest BCUT2D eigenvalue weighted by Crippen LogP contribution is 2.11. The van der Waals surface area contributed by atoms with E-state index in [0.717, 1.165) is 5.56 Å². The number of hydrogen-bond acceptors (Lipinski definition) is 4. The number of tetrazole rings is 1. The quantitative estimate of drug-likeness (QED) is 0.756. The molecular weight excluding hydrogens is 206 g/mol. The molecule has 0 aliphatic rings. The van der Waals surface area contributed by atoms with Crippen LogP contribution in [0.2, 0.25) is 0 Å². The van der Waals surface area contributed by atoms with E-state index in [1.165, 1.54) is 0 Å². The summed E-state index contributed by atoms with van der Waals surface area (Å²) < 4.78 is 0. The van der Waals surface area contributed by atoms with E-state index in [1.54, 1.807) is 18.6 Å². The molecule has 0 unspecified atom stereocenters. The van der Waals surface area contributed by atoms with Crippen molar-refractivity contribution in [1.82, 2.24) is 20.6 Å². The fourth-order valence-corrected chi connectivity index (χ4v) is 1.40. The Labute approximate surface area is 91.9 Å². The number of nitrogens with two attached hydrogens (primary N) is 1. The minimum Gasteiger partial charge on any atom is -0.366 e. The lowest BCUT2D eigenvalue weighted by Crippen LogP contribution is -2.13. The molecule has 3 N–H and O–H groups in total. The number of aromatic amines is 1. The Morgan fingerprint density at radius 1 is 1.44 bits per heavy atom. The molecule has 1 aromatic carbocycles. The molecule has 0 bridgehead atoms. The normalized spacial score (nSPS) is 10.2. The van der Waals surface area contributed by atoms with Crippen molar-refractivity contribution < 1.29 is 4.79 Å². The standard InChI is InChI=1S/C10H10N5O/c11-10(16)8-4-2-1-3-7(8)5-6-9-12-14-15-13-9/h1-4,6H,5H2,(H2,11,16)(H,12,13,14,15). The zero-order valence-corrected chi connectivity index (χ0v) is 8.42. The van der Waals surface area contributed by atoms with Gasteiger partial charge in [0, 0.05) is 12.0 Å². The van der Waals surface area contributed by atoms with Gasteiger partial charge < -0.3 is 5.73 Å². The molecule has 0 atom stereocenters. The summed E-state index contributed by atoms with van der Waals surface area (Å²) in [6, 6.07) is 7.18. The number of nitrogens with zero attached hydrogens (tertiary/aromatic N) is 3. The maximum atomic E-state index is 11.1. The number of aromatic nitrogens is 4. The number of carbonyl (C=O) groups excluding carboxylic acids is 1. The van der Waals surface area contributed by atoms with Crippen molar-refractivity contribution in [2.75, 3.05) is 0 Å². The first-order valence-corrected chi connectivity index (χ1v) is 4.72. The summed E-state index contributed by atoms with van der Waals surface area (Å²) in [6.07, 6.45) is 2.34. The van der Waals surface area contributed by atoms with E-state index in [-0.39, 0.29) is 0 Å². The summed E-state index contributed by atoms with van der Waals surface area (Å²) in [4.78, 5) is 11.1. The van der Waals surface area contributed by atoms with Crippen LogP contribution in [0.3, 0.4) is 0 Å². The third-order valence-electron chi connectivity index (χ3n) is 2.16. The fourth-order valence-electron chi connectivity index (χ4n) is 1.40. The summed E-state index contributed by atoms with van der Waals surface area (Å²) in [5.41, 5.74) is 6.64. The lowest BCUT2D eigenvalue weighted by atomic mass is 10.0. The van der Waals surface area contributed by atoms with Crippen LogP contribution in [0.1, 0.15) is 21.7 Å². The largest absolute Gasteiger partial charge is 0.366 e. The van der Waals surface area contributed by atoms with Gasteiger partial charge in [0.2, 0.25) is 5.91 Å². The monoisotopic (exact) mass is 216 g/mol. The van der Waals surface area contributed by atoms with E-state index in [0.29, 0.717) is 17.8 Å². The number of rotatable bonds is 4. The second-order valence-electron chi connectivity index (χ2n) is 3.22. The third-order valence-corrected chi connectivity index (χ3v) is 2.16. The van der Waals surface area contributed by atoms with Crippen LogP contribution in [0.5, 0.6) is 0 Å². The van der Waals surface area contributed by atoms with Gasteiger partial charge in [-0.15, -0.1) is 5.10 Å². The molecule has 0 aliphatic carbocycles. The molecule has 0 saturated carbocycles. The Bertz CT molecular complexity index is 480. The van der Waals surface area contributed by atoms with Gasteiger partial charge in [-0.05, 0) is 28.5 Å². The lowest BCUT2D eigenvalue weighted by molar-refractivity contribution is 0.0999. The Hall–Kier alpha value is -2.24. The van der Waals surface area contributed by atoms with Crippen LogP contribution in [0, 0.1) is 6.42 Å². The number of H-pyrrole nitrogens is 1. The summed E-state index contributed by atoms with van der Waals surface area (Å²) >= 11 is 0. The van der Waals surface area contributed by atoms with Crippen LogP contribution in [-0.2, 0) is 6.42 Å². The molecule has 0 saturated heterocycles. The molecule has 6 nitrogen and oxygen atoms in total. The molecule has 1 heterocycles. The van der Waals surface area contributed by atoms with Crippen molar-refractivity contribution in [3.05, 3.63) is 47.6 Å². The van der Waals surface area contributed by atoms with Crippen molar-refractivity contribution in [2.45, 2.75) is 6.42 Å². The van der Waals surface area contributed by atoms with E-state index in [4.69, 9.17) is 5.73 Å². The maximum Gasteiger partial charge on any atom is 0.248 e. The first kappa shape index (κ1) is 10.3. The fraction of sp³-hybridized carbons (Fsp3) is 0.100. The molecule has 0 spiro atoms. The minimum absolute atomic E-state index is 0.431. The molecule has 1 aromatic heterocycles. The van der Waals surface area contributed by atoms with Gasteiger partial charge in [-0.1, -0.05) is 18.2 Å². The second kappa shape index (κ2) is 4.52. The molecule has 81 valence electrons. The highest BCUT2D eigenvalue weighted by atomic mass is 16.1. The predicted molar refractivity (Wildman–Crippen MR) is 56.2 cm³/mol. The van der Waals surface area contributed by atoms with E-state index in [2.05, 4.69) is 20.6 Å². The second-order valence-corrected chi connectivity index (χ2v) is 3.22. The van der Waals surface area contributed by atoms with Crippen LogP contribution in [-0.4, -0.2) is 26.5 Å². The van der Waals surface area contributed by atoms with E-state index in [1.807, 2.05) is 12.1 Å². The summed E-state index contributed by atoms with van der Waals surface area (Å²) in [5, 5.41) is 13.2. The van der Waals surface area contributed by atoms with Gasteiger partial charge in [0.25, 0.3) is 0 Å². The van der Waals surface area contributed by atoms with Gasteiger partial charge in [0.05, 0.1) is 0 Å². The van der Waals surface area contributed by atoms with Crippen molar-refractivity contribution in [2.24, 2.45) is 5.73 Å². The molecule has 2 aromatic rings. The number of benzene rings is 1. The lowest BCUT2D eigenvalue weighted by Gasteiger charge is -2.04. The van der Waals surface area contributed by atoms with Crippen LogP contribution >= 0.6 is 0 Å². The number of carbonyl (C=O) groups is 1. The van der Waals surface area contributed by atoms with Crippen molar-refractivity contribution in [3.8, 4) is 0 Å². The number of nitrogens with one attached hydrogen (secondary N) is 1. The van der Waals surface area contributed by atoms with Crippen LogP contribution in [0.25, 0.3) is 0 Å². The van der Waals surface area contributed by atoms with Gasteiger partial charge in [0.1, 0.15) is 0 Å². The molecule has 0 aliphatic heterocycles. The Morgan fingerprint density at radius 3 is 2.94 bits per heavy atom. The molecule has 16 heavy (non-hydrogen) atoms.